The largest absolute Gasteiger partial charge is 0.322 e. The topological polar surface area (TPSA) is 38.9 Å². The van der Waals surface area contributed by atoms with Gasteiger partial charge in [-0.15, -0.1) is 11.3 Å². The van der Waals surface area contributed by atoms with Gasteiger partial charge in [0.05, 0.1) is 11.7 Å². The first kappa shape index (κ1) is 12.8. The monoisotopic (exact) mass is 272 g/mol. The molecule has 2 nitrogen and oxygen atoms in total. The Kier molecular flexibility index (Phi) is 3.19. The average molecular weight is 272 g/mol. The van der Waals surface area contributed by atoms with Crippen molar-refractivity contribution in [1.82, 2.24) is 4.98 Å². The van der Waals surface area contributed by atoms with Crippen molar-refractivity contribution < 1.29 is 0 Å². The summed E-state index contributed by atoms with van der Waals surface area (Å²) in [5.41, 5.74) is 10.1. The van der Waals surface area contributed by atoms with Crippen LogP contribution in [-0.4, -0.2) is 4.98 Å². The fourth-order valence-electron chi connectivity index (χ4n) is 2.68. The van der Waals surface area contributed by atoms with Gasteiger partial charge in [0.15, 0.2) is 0 Å². The normalized spacial score (nSPS) is 19.1. The summed E-state index contributed by atoms with van der Waals surface area (Å²) >= 11 is 1.80. The van der Waals surface area contributed by atoms with Gasteiger partial charge in [0.1, 0.15) is 5.01 Å². The zero-order valence-corrected chi connectivity index (χ0v) is 12.5. The summed E-state index contributed by atoms with van der Waals surface area (Å²) in [6.45, 7) is 6.60. The summed E-state index contributed by atoms with van der Waals surface area (Å²) in [6, 6.07) is 8.69. The van der Waals surface area contributed by atoms with E-state index in [0.717, 1.165) is 11.4 Å². The molecule has 2 aromatic rings. The molecule has 3 heteroatoms. The van der Waals surface area contributed by atoms with E-state index in [2.05, 4.69) is 45.0 Å². The molecule has 0 saturated heterocycles. The van der Waals surface area contributed by atoms with Crippen LogP contribution in [0.4, 0.5) is 0 Å². The van der Waals surface area contributed by atoms with Crippen LogP contribution in [0.2, 0.25) is 0 Å². The van der Waals surface area contributed by atoms with Crippen molar-refractivity contribution in [2.24, 2.45) is 11.7 Å². The van der Waals surface area contributed by atoms with Gasteiger partial charge in [-0.1, -0.05) is 45.0 Å². The predicted molar refractivity (Wildman–Crippen MR) is 81.4 cm³/mol. The third-order valence-corrected chi connectivity index (χ3v) is 5.13. The van der Waals surface area contributed by atoms with Gasteiger partial charge >= 0.3 is 0 Å². The number of fused-ring (bicyclic) bond motifs is 3. The maximum absolute atomic E-state index is 6.25. The van der Waals surface area contributed by atoms with E-state index in [4.69, 9.17) is 10.7 Å². The average Bonchev–Trinajstić information content (AvgIpc) is 2.82. The van der Waals surface area contributed by atoms with Crippen LogP contribution in [0.5, 0.6) is 0 Å². The number of aromatic nitrogens is 1. The number of hydrogen-bond acceptors (Lipinski definition) is 3. The molecule has 0 aliphatic heterocycles. The Morgan fingerprint density at radius 1 is 1.32 bits per heavy atom. The molecule has 0 fully saturated rings. The van der Waals surface area contributed by atoms with Gasteiger partial charge in [-0.3, -0.25) is 0 Å². The van der Waals surface area contributed by atoms with Crippen molar-refractivity contribution in [1.29, 1.82) is 0 Å². The van der Waals surface area contributed by atoms with Gasteiger partial charge in [0.2, 0.25) is 0 Å². The van der Waals surface area contributed by atoms with Crippen molar-refractivity contribution >= 4 is 11.3 Å². The molecule has 0 saturated carbocycles. The van der Waals surface area contributed by atoms with Gasteiger partial charge in [-0.05, 0) is 23.8 Å². The molecule has 0 bridgehead atoms. The van der Waals surface area contributed by atoms with Crippen molar-refractivity contribution in [3.63, 3.8) is 0 Å². The fraction of sp³-hybridized carbons (Fsp3) is 0.438. The van der Waals surface area contributed by atoms with E-state index in [-0.39, 0.29) is 6.04 Å². The Morgan fingerprint density at radius 2 is 2.05 bits per heavy atom. The van der Waals surface area contributed by atoms with Crippen LogP contribution in [0.1, 0.15) is 48.2 Å². The Bertz CT molecular complexity index is 601. The number of nitrogens with zero attached hydrogens (tertiary/aromatic N) is 1. The van der Waals surface area contributed by atoms with E-state index >= 15 is 0 Å². The van der Waals surface area contributed by atoms with Gasteiger partial charge < -0.3 is 5.73 Å². The van der Waals surface area contributed by atoms with Gasteiger partial charge in [-0.25, -0.2) is 4.98 Å². The first-order valence-corrected chi connectivity index (χ1v) is 7.74. The molecule has 2 N–H and O–H groups in total. The minimum Gasteiger partial charge on any atom is -0.322 e. The molecule has 1 aliphatic rings. The van der Waals surface area contributed by atoms with Crippen molar-refractivity contribution in [2.75, 3.05) is 0 Å². The van der Waals surface area contributed by atoms with Crippen LogP contribution >= 0.6 is 11.3 Å². The van der Waals surface area contributed by atoms with E-state index in [1.807, 2.05) is 0 Å². The molecule has 1 aliphatic carbocycles. The number of hydrogen-bond donors (Lipinski definition) is 1. The minimum absolute atomic E-state index is 0.0538. The number of nitrogens with two attached hydrogens (primary N) is 1. The summed E-state index contributed by atoms with van der Waals surface area (Å²) < 4.78 is 0. The Labute approximate surface area is 118 Å². The number of thiazole rings is 1. The molecule has 1 heterocycles. The fourth-order valence-corrected chi connectivity index (χ4v) is 4.06. The Balaban J connectivity index is 2.10. The van der Waals surface area contributed by atoms with Crippen LogP contribution in [0, 0.1) is 5.92 Å². The molecule has 2 unspecified atom stereocenters. The molecule has 100 valence electrons. The SMILES string of the molecule is CC1Cc2sc(C(N)C(C)C)nc2-c2ccccc21. The molecular formula is C16H20N2S. The van der Waals surface area contributed by atoms with Gasteiger partial charge in [-0.2, -0.15) is 0 Å². The van der Waals surface area contributed by atoms with E-state index in [1.54, 1.807) is 11.3 Å². The van der Waals surface area contributed by atoms with Crippen molar-refractivity contribution in [2.45, 2.75) is 39.2 Å². The van der Waals surface area contributed by atoms with E-state index in [0.29, 0.717) is 11.8 Å². The highest BCUT2D eigenvalue weighted by molar-refractivity contribution is 7.12. The first-order valence-electron chi connectivity index (χ1n) is 6.92. The van der Waals surface area contributed by atoms with Crippen LogP contribution in [0.25, 0.3) is 11.3 Å². The lowest BCUT2D eigenvalue weighted by atomic mass is 9.86. The highest BCUT2D eigenvalue weighted by atomic mass is 32.1. The second-order valence-corrected chi connectivity index (χ2v) is 6.90. The zero-order chi connectivity index (χ0) is 13.6. The molecule has 19 heavy (non-hydrogen) atoms. The summed E-state index contributed by atoms with van der Waals surface area (Å²) in [6.07, 6.45) is 1.09. The molecule has 2 atom stereocenters. The third-order valence-electron chi connectivity index (χ3n) is 3.96. The smallest absolute Gasteiger partial charge is 0.111 e. The maximum atomic E-state index is 6.25. The Hall–Kier alpha value is -1.19. The third kappa shape index (κ3) is 2.11. The maximum Gasteiger partial charge on any atom is 0.111 e. The molecule has 1 aromatic carbocycles. The predicted octanol–water partition coefficient (Wildman–Crippen LogP) is 4.13. The highest BCUT2D eigenvalue weighted by Gasteiger charge is 2.26. The second kappa shape index (κ2) is 4.73. The standard InChI is InChI=1S/C16H20N2S/c1-9(2)14(17)16-18-15-12-7-5-4-6-11(12)10(3)8-13(15)19-16/h4-7,9-10,14H,8,17H2,1-3H3. The van der Waals surface area contributed by atoms with Crippen LogP contribution in [0.15, 0.2) is 24.3 Å². The molecule has 0 amide bonds. The lowest BCUT2D eigenvalue weighted by Gasteiger charge is -2.21. The van der Waals surface area contributed by atoms with E-state index in [9.17, 15) is 0 Å². The molecule has 0 radical (unpaired) electrons. The van der Waals surface area contributed by atoms with Gasteiger partial charge in [0, 0.05) is 10.4 Å². The van der Waals surface area contributed by atoms with Crippen LogP contribution < -0.4 is 5.73 Å². The van der Waals surface area contributed by atoms with Crippen LogP contribution in [-0.2, 0) is 6.42 Å². The van der Waals surface area contributed by atoms with E-state index in [1.165, 1.54) is 21.7 Å². The minimum atomic E-state index is 0.0538. The second-order valence-electron chi connectivity index (χ2n) is 5.79. The van der Waals surface area contributed by atoms with Gasteiger partial charge in [0.25, 0.3) is 0 Å². The van der Waals surface area contributed by atoms with E-state index < -0.39 is 0 Å². The van der Waals surface area contributed by atoms with Crippen LogP contribution in [0.3, 0.4) is 0 Å². The molecular weight excluding hydrogens is 252 g/mol. The summed E-state index contributed by atoms with van der Waals surface area (Å²) in [7, 11) is 0. The summed E-state index contributed by atoms with van der Waals surface area (Å²) in [5.74, 6) is 1.01. The summed E-state index contributed by atoms with van der Waals surface area (Å²) in [4.78, 5) is 6.24. The Morgan fingerprint density at radius 3 is 2.79 bits per heavy atom. The number of rotatable bonds is 2. The van der Waals surface area contributed by atoms with Crippen molar-refractivity contribution in [3.05, 3.63) is 39.7 Å². The highest BCUT2D eigenvalue weighted by Crippen LogP contribution is 2.42. The molecule has 1 aromatic heterocycles. The lowest BCUT2D eigenvalue weighted by Crippen LogP contribution is -2.16. The first-order chi connectivity index (χ1) is 9.08. The number of benzene rings is 1. The zero-order valence-electron chi connectivity index (χ0n) is 11.7. The van der Waals surface area contributed by atoms with Crippen molar-refractivity contribution in [3.8, 4) is 11.3 Å². The lowest BCUT2D eigenvalue weighted by molar-refractivity contribution is 0.512. The molecule has 3 rings (SSSR count). The molecule has 0 spiro atoms. The summed E-state index contributed by atoms with van der Waals surface area (Å²) in [5, 5.41) is 1.09. The quantitative estimate of drug-likeness (QED) is 0.893.